The molecule has 9 heteroatoms. The van der Waals surface area contributed by atoms with Gasteiger partial charge in [0, 0.05) is 56.9 Å². The number of anilines is 1. The maximum Gasteiger partial charge on any atom is 0.308 e. The first-order chi connectivity index (χ1) is 21.6. The summed E-state index contributed by atoms with van der Waals surface area (Å²) in [7, 11) is 2.11. The van der Waals surface area contributed by atoms with E-state index in [0.717, 1.165) is 92.4 Å². The Bertz CT molecular complexity index is 1430. The molecule has 0 bridgehead atoms. The lowest BCUT2D eigenvalue weighted by Crippen LogP contribution is -2.38. The van der Waals surface area contributed by atoms with Crippen LogP contribution >= 0.6 is 11.6 Å². The minimum Gasteiger partial charge on any atom is -0.493 e. The fourth-order valence-electron chi connectivity index (χ4n) is 6.38. The maximum absolute atomic E-state index is 13.3. The molecule has 0 spiro atoms. The van der Waals surface area contributed by atoms with Crippen molar-refractivity contribution in [1.29, 1.82) is 0 Å². The monoisotopic (exact) mass is 637 g/mol. The average Bonchev–Trinajstić information content (AvgIpc) is 3.00. The van der Waals surface area contributed by atoms with Crippen LogP contribution in [0.15, 0.2) is 48.5 Å². The van der Waals surface area contributed by atoms with Crippen LogP contribution in [-0.4, -0.2) is 67.5 Å². The van der Waals surface area contributed by atoms with E-state index in [2.05, 4.69) is 30.7 Å². The van der Waals surface area contributed by atoms with E-state index >= 15 is 0 Å². The summed E-state index contributed by atoms with van der Waals surface area (Å²) in [5.41, 5.74) is 5.41. The molecule has 3 aromatic rings. The fourth-order valence-corrected chi connectivity index (χ4v) is 6.64. The molecule has 1 aromatic heterocycles. The molecule has 1 N–H and O–H groups in total. The highest BCUT2D eigenvalue weighted by molar-refractivity contribution is 6.31. The number of ether oxygens (including phenoxy) is 2. The summed E-state index contributed by atoms with van der Waals surface area (Å²) in [6.07, 6.45) is 4.55. The number of hydrogen-bond donors (Lipinski definition) is 1. The van der Waals surface area contributed by atoms with Gasteiger partial charge < -0.3 is 24.4 Å². The number of halogens is 2. The number of aliphatic carboxylic acids is 1. The van der Waals surface area contributed by atoms with Gasteiger partial charge in [-0.2, -0.15) is 0 Å². The number of carbonyl (C=O) groups is 1. The van der Waals surface area contributed by atoms with E-state index in [4.69, 9.17) is 26.1 Å². The van der Waals surface area contributed by atoms with E-state index in [1.165, 1.54) is 12.1 Å². The molecule has 45 heavy (non-hydrogen) atoms. The number of carboxylic acid groups (broad SMARTS) is 1. The molecule has 2 fully saturated rings. The molecule has 2 aliphatic rings. The number of rotatable bonds is 12. The first-order valence-electron chi connectivity index (χ1n) is 16.0. The highest BCUT2D eigenvalue weighted by Crippen LogP contribution is 2.43. The summed E-state index contributed by atoms with van der Waals surface area (Å²) >= 11 is 6.85. The largest absolute Gasteiger partial charge is 0.493 e. The molecule has 3 heterocycles. The second-order valence-electron chi connectivity index (χ2n) is 13.3. The molecule has 0 amide bonds. The molecule has 2 aromatic carbocycles. The third kappa shape index (κ3) is 8.96. The number of carboxylic acids is 1. The highest BCUT2D eigenvalue weighted by atomic mass is 35.5. The van der Waals surface area contributed by atoms with E-state index < -0.39 is 5.97 Å². The summed E-state index contributed by atoms with van der Waals surface area (Å²) in [6, 6.07) is 14.4. The van der Waals surface area contributed by atoms with Crippen LogP contribution in [0.5, 0.6) is 5.75 Å². The minimum atomic E-state index is -0.933. The third-order valence-corrected chi connectivity index (χ3v) is 9.41. The zero-order valence-electron chi connectivity index (χ0n) is 26.7. The number of hydrogen-bond acceptors (Lipinski definition) is 6. The van der Waals surface area contributed by atoms with Gasteiger partial charge in [0.1, 0.15) is 16.7 Å². The van der Waals surface area contributed by atoms with Crippen molar-refractivity contribution in [3.05, 3.63) is 76.3 Å². The Morgan fingerprint density at radius 3 is 2.42 bits per heavy atom. The Labute approximate surface area is 271 Å². The Morgan fingerprint density at radius 2 is 1.78 bits per heavy atom. The molecular weight excluding hydrogens is 593 g/mol. The Kier molecular flexibility index (Phi) is 11.0. The van der Waals surface area contributed by atoms with E-state index in [9.17, 15) is 14.3 Å². The number of aromatic nitrogens is 1. The zero-order chi connectivity index (χ0) is 32.0. The van der Waals surface area contributed by atoms with E-state index in [-0.39, 0.29) is 22.8 Å². The van der Waals surface area contributed by atoms with Crippen LogP contribution in [-0.2, 0) is 28.9 Å². The summed E-state index contributed by atoms with van der Waals surface area (Å²) in [5, 5.41) is 10.2. The Hall–Kier alpha value is -3.20. The predicted octanol–water partition coefficient (Wildman–Crippen LogP) is 7.27. The molecule has 7 nitrogen and oxygen atoms in total. The minimum absolute atomic E-state index is 0.198. The van der Waals surface area contributed by atoms with Gasteiger partial charge in [-0.25, -0.2) is 9.37 Å². The molecule has 0 atom stereocenters. The van der Waals surface area contributed by atoms with Crippen molar-refractivity contribution in [2.24, 2.45) is 11.3 Å². The summed E-state index contributed by atoms with van der Waals surface area (Å²) < 4.78 is 24.9. The Balaban J connectivity index is 1.47. The second-order valence-corrected chi connectivity index (χ2v) is 13.6. The summed E-state index contributed by atoms with van der Waals surface area (Å²) in [6.45, 7) is 9.77. The lowest BCUT2D eigenvalue weighted by Gasteiger charge is -2.40. The van der Waals surface area contributed by atoms with Gasteiger partial charge in [-0.05, 0) is 79.5 Å². The van der Waals surface area contributed by atoms with Gasteiger partial charge in [-0.15, -0.1) is 0 Å². The summed E-state index contributed by atoms with van der Waals surface area (Å²) in [4.78, 5) is 21.6. The van der Waals surface area contributed by atoms with Crippen molar-refractivity contribution < 1.29 is 23.8 Å². The van der Waals surface area contributed by atoms with Crippen LogP contribution in [0.25, 0.3) is 11.1 Å². The molecule has 0 aliphatic carbocycles. The SMILES string of the molecule is CN(Cc1nc(Cl)c(CC(=O)O)c(N2CCC(C)(C)CC2)c1-c1ccc(OCCc2ccc(F)cc2)cc1)CC1CCOCC1. The smallest absolute Gasteiger partial charge is 0.308 e. The number of benzene rings is 2. The van der Waals surface area contributed by atoms with Crippen LogP contribution in [0, 0.1) is 17.2 Å². The van der Waals surface area contributed by atoms with Crippen molar-refractivity contribution in [1.82, 2.24) is 9.88 Å². The van der Waals surface area contributed by atoms with Crippen molar-refractivity contribution in [3.8, 4) is 16.9 Å². The average molecular weight is 638 g/mol. The van der Waals surface area contributed by atoms with Crippen LogP contribution in [0.4, 0.5) is 10.1 Å². The predicted molar refractivity (Wildman–Crippen MR) is 177 cm³/mol. The van der Waals surface area contributed by atoms with Crippen LogP contribution < -0.4 is 9.64 Å². The van der Waals surface area contributed by atoms with Crippen LogP contribution in [0.1, 0.15) is 56.4 Å². The van der Waals surface area contributed by atoms with Gasteiger partial charge in [0.2, 0.25) is 0 Å². The fraction of sp³-hybridized carbons (Fsp3) is 0.500. The van der Waals surface area contributed by atoms with Crippen LogP contribution in [0.2, 0.25) is 5.15 Å². The van der Waals surface area contributed by atoms with Gasteiger partial charge >= 0.3 is 5.97 Å². The lowest BCUT2D eigenvalue weighted by atomic mass is 9.82. The molecule has 242 valence electrons. The standard InChI is InChI=1S/C36H45ClFN3O4/c1-36(2)15-17-41(18-16-36)34-30(22-32(42)43)35(37)39-31(24-40(3)23-26-12-19-44-20-13-26)33(34)27-6-10-29(11-7-27)45-21-14-25-4-8-28(38)9-5-25/h4-11,26H,12-24H2,1-3H3,(H,42,43). The molecule has 5 rings (SSSR count). The van der Waals surface area contributed by atoms with Gasteiger partial charge in [-0.3, -0.25) is 4.79 Å². The van der Waals surface area contributed by atoms with Crippen molar-refractivity contribution >= 4 is 23.3 Å². The first-order valence-corrected chi connectivity index (χ1v) is 16.4. The number of nitrogens with zero attached hydrogens (tertiary/aromatic N) is 3. The lowest BCUT2D eigenvalue weighted by molar-refractivity contribution is -0.136. The van der Waals surface area contributed by atoms with E-state index in [1.807, 2.05) is 24.3 Å². The van der Waals surface area contributed by atoms with Crippen molar-refractivity contribution in [3.63, 3.8) is 0 Å². The van der Waals surface area contributed by atoms with Crippen molar-refractivity contribution in [2.75, 3.05) is 51.4 Å². The van der Waals surface area contributed by atoms with Crippen molar-refractivity contribution in [2.45, 2.75) is 58.9 Å². The van der Waals surface area contributed by atoms with E-state index in [1.54, 1.807) is 12.1 Å². The molecule has 2 saturated heterocycles. The van der Waals surface area contributed by atoms with Gasteiger partial charge in [0.15, 0.2) is 0 Å². The molecule has 0 unspecified atom stereocenters. The van der Waals surface area contributed by atoms with Gasteiger partial charge in [-0.1, -0.05) is 49.7 Å². The second kappa shape index (κ2) is 14.9. The molecule has 0 saturated carbocycles. The van der Waals surface area contributed by atoms with Gasteiger partial charge in [0.05, 0.1) is 24.4 Å². The van der Waals surface area contributed by atoms with Gasteiger partial charge in [0.25, 0.3) is 0 Å². The highest BCUT2D eigenvalue weighted by Gasteiger charge is 2.31. The topological polar surface area (TPSA) is 75.1 Å². The molecule has 2 aliphatic heterocycles. The first kappa shape index (κ1) is 33.2. The molecule has 0 radical (unpaired) electrons. The Morgan fingerprint density at radius 1 is 1.11 bits per heavy atom. The zero-order valence-corrected chi connectivity index (χ0v) is 27.4. The maximum atomic E-state index is 13.3. The third-order valence-electron chi connectivity index (χ3n) is 9.10. The number of pyridine rings is 1. The normalized spacial score (nSPS) is 17.1. The summed E-state index contributed by atoms with van der Waals surface area (Å²) in [5.74, 6) is 0.106. The van der Waals surface area contributed by atoms with Crippen LogP contribution in [0.3, 0.4) is 0 Å². The number of piperidine rings is 1. The molecular formula is C36H45ClFN3O4. The quantitative estimate of drug-likeness (QED) is 0.209. The van der Waals surface area contributed by atoms with E-state index in [0.29, 0.717) is 31.1 Å².